The molecule has 0 saturated carbocycles. The molecule has 0 spiro atoms. The third-order valence-corrected chi connectivity index (χ3v) is 6.78. The molecule has 0 aromatic rings. The number of carbonyl (C=O) groups is 1. The predicted octanol–water partition coefficient (Wildman–Crippen LogP) is 1.29. The molecule has 0 radical (unpaired) electrons. The first-order valence-corrected chi connectivity index (χ1v) is 8.77. The maximum atomic E-state index is 12.8. The Morgan fingerprint density at radius 3 is 2.35 bits per heavy atom. The van der Waals surface area contributed by atoms with Gasteiger partial charge in [0.2, 0.25) is 0 Å². The minimum atomic E-state index is -3.68. The zero-order chi connectivity index (χ0) is 14.9. The van der Waals surface area contributed by atoms with E-state index in [1.807, 2.05) is 6.92 Å². The van der Waals surface area contributed by atoms with Crippen LogP contribution in [0.3, 0.4) is 0 Å². The smallest absolute Gasteiger partial charge is 0.322 e. The fourth-order valence-corrected chi connectivity index (χ4v) is 5.32. The monoisotopic (exact) mass is 304 g/mol. The first-order chi connectivity index (χ1) is 9.35. The Bertz CT molecular complexity index is 465. The van der Waals surface area contributed by atoms with Crippen molar-refractivity contribution < 1.29 is 18.3 Å². The molecule has 0 bridgehead atoms. The lowest BCUT2D eigenvalue weighted by molar-refractivity contribution is -0.142. The van der Waals surface area contributed by atoms with Gasteiger partial charge in [0.05, 0.1) is 0 Å². The van der Waals surface area contributed by atoms with Gasteiger partial charge in [-0.15, -0.1) is 0 Å². The molecule has 7 heteroatoms. The van der Waals surface area contributed by atoms with E-state index in [1.54, 1.807) is 0 Å². The van der Waals surface area contributed by atoms with E-state index in [2.05, 4.69) is 6.92 Å². The first kappa shape index (κ1) is 15.7. The second kappa shape index (κ2) is 5.99. The number of carboxylic acids is 1. The van der Waals surface area contributed by atoms with E-state index in [1.165, 1.54) is 8.61 Å². The van der Waals surface area contributed by atoms with E-state index in [0.717, 1.165) is 25.7 Å². The number of hydrogen-bond acceptors (Lipinski definition) is 3. The molecule has 0 aromatic heterocycles. The highest BCUT2D eigenvalue weighted by atomic mass is 32.2. The van der Waals surface area contributed by atoms with Crippen molar-refractivity contribution >= 4 is 16.2 Å². The number of piperidine rings is 2. The van der Waals surface area contributed by atoms with Gasteiger partial charge in [-0.2, -0.15) is 17.0 Å². The normalized spacial score (nSPS) is 34.0. The van der Waals surface area contributed by atoms with Gasteiger partial charge in [-0.05, 0) is 44.9 Å². The summed E-state index contributed by atoms with van der Waals surface area (Å²) in [7, 11) is -3.68. The maximum absolute atomic E-state index is 12.8. The Morgan fingerprint density at radius 2 is 1.70 bits per heavy atom. The SMILES string of the molecule is CC1CCCN(S(=O)(=O)N2CCCCC2C(=O)O)C1C. The summed E-state index contributed by atoms with van der Waals surface area (Å²) in [5.74, 6) is -0.724. The van der Waals surface area contributed by atoms with Crippen LogP contribution in [0.15, 0.2) is 0 Å². The molecule has 3 unspecified atom stereocenters. The minimum absolute atomic E-state index is 0.0647. The summed E-state index contributed by atoms with van der Waals surface area (Å²) in [4.78, 5) is 11.3. The van der Waals surface area contributed by atoms with Crippen LogP contribution in [-0.2, 0) is 15.0 Å². The summed E-state index contributed by atoms with van der Waals surface area (Å²) < 4.78 is 28.3. The van der Waals surface area contributed by atoms with Gasteiger partial charge in [-0.3, -0.25) is 4.79 Å². The topological polar surface area (TPSA) is 77.9 Å². The molecule has 2 aliphatic rings. The quantitative estimate of drug-likeness (QED) is 0.852. The van der Waals surface area contributed by atoms with Gasteiger partial charge >= 0.3 is 5.97 Å². The third kappa shape index (κ3) is 2.84. The number of nitrogens with zero attached hydrogens (tertiary/aromatic N) is 2. The highest BCUT2D eigenvalue weighted by Gasteiger charge is 2.43. The van der Waals surface area contributed by atoms with Crippen LogP contribution >= 0.6 is 0 Å². The van der Waals surface area contributed by atoms with Gasteiger partial charge in [0.15, 0.2) is 0 Å². The van der Waals surface area contributed by atoms with Crippen molar-refractivity contribution in [3.8, 4) is 0 Å². The Balaban J connectivity index is 2.25. The Labute approximate surface area is 120 Å². The van der Waals surface area contributed by atoms with E-state index in [0.29, 0.717) is 25.4 Å². The van der Waals surface area contributed by atoms with Gasteiger partial charge in [0.25, 0.3) is 10.2 Å². The standard InChI is InChI=1S/C13H24N2O4S/c1-10-6-5-9-14(11(10)2)20(18,19)15-8-4-3-7-12(15)13(16)17/h10-12H,3-9H2,1-2H3,(H,16,17). The second-order valence-corrected chi connectivity index (χ2v) is 7.77. The lowest BCUT2D eigenvalue weighted by atomic mass is 9.94. The highest BCUT2D eigenvalue weighted by Crippen LogP contribution is 2.30. The summed E-state index contributed by atoms with van der Waals surface area (Å²) in [6.45, 7) is 4.78. The van der Waals surface area contributed by atoms with Gasteiger partial charge < -0.3 is 5.11 Å². The fourth-order valence-electron chi connectivity index (χ4n) is 3.19. The van der Waals surface area contributed by atoms with Crippen molar-refractivity contribution in [2.45, 2.75) is 58.0 Å². The van der Waals surface area contributed by atoms with Gasteiger partial charge in [-0.25, -0.2) is 0 Å². The van der Waals surface area contributed by atoms with Crippen molar-refractivity contribution in [1.29, 1.82) is 0 Å². The molecule has 2 aliphatic heterocycles. The molecule has 0 aliphatic carbocycles. The van der Waals surface area contributed by atoms with Crippen LogP contribution in [0, 0.1) is 5.92 Å². The van der Waals surface area contributed by atoms with Gasteiger partial charge in [0, 0.05) is 19.1 Å². The molecule has 2 heterocycles. The molecular formula is C13H24N2O4S. The van der Waals surface area contributed by atoms with Crippen LogP contribution in [0.25, 0.3) is 0 Å². The van der Waals surface area contributed by atoms with Crippen molar-refractivity contribution in [2.24, 2.45) is 5.92 Å². The third-order valence-electron chi connectivity index (χ3n) is 4.65. The maximum Gasteiger partial charge on any atom is 0.322 e. The van der Waals surface area contributed by atoms with E-state index in [-0.39, 0.29) is 6.04 Å². The average Bonchev–Trinajstić information content (AvgIpc) is 2.41. The second-order valence-electron chi connectivity index (χ2n) is 5.94. The van der Waals surface area contributed by atoms with Crippen LogP contribution in [0.1, 0.15) is 46.0 Å². The Hall–Kier alpha value is -0.660. The van der Waals surface area contributed by atoms with Crippen LogP contribution in [-0.4, -0.2) is 53.3 Å². The molecule has 6 nitrogen and oxygen atoms in total. The summed E-state index contributed by atoms with van der Waals surface area (Å²) in [5, 5.41) is 9.26. The summed E-state index contributed by atoms with van der Waals surface area (Å²) >= 11 is 0. The molecule has 2 fully saturated rings. The minimum Gasteiger partial charge on any atom is -0.480 e. The summed E-state index contributed by atoms with van der Waals surface area (Å²) in [5.41, 5.74) is 0. The van der Waals surface area contributed by atoms with Crippen LogP contribution < -0.4 is 0 Å². The van der Waals surface area contributed by atoms with E-state index in [4.69, 9.17) is 0 Å². The molecule has 0 aromatic carbocycles. The van der Waals surface area contributed by atoms with Crippen LogP contribution in [0.5, 0.6) is 0 Å². The lowest BCUT2D eigenvalue weighted by Crippen LogP contribution is -2.57. The molecule has 20 heavy (non-hydrogen) atoms. The molecular weight excluding hydrogens is 280 g/mol. The van der Waals surface area contributed by atoms with Gasteiger partial charge in [0.1, 0.15) is 6.04 Å². The predicted molar refractivity (Wildman–Crippen MR) is 75.5 cm³/mol. The van der Waals surface area contributed by atoms with Gasteiger partial charge in [-0.1, -0.05) is 6.92 Å². The zero-order valence-electron chi connectivity index (χ0n) is 12.2. The van der Waals surface area contributed by atoms with Crippen molar-refractivity contribution in [3.05, 3.63) is 0 Å². The van der Waals surface area contributed by atoms with Crippen molar-refractivity contribution in [3.63, 3.8) is 0 Å². The number of hydrogen-bond donors (Lipinski definition) is 1. The molecule has 3 atom stereocenters. The van der Waals surface area contributed by atoms with Crippen LogP contribution in [0.2, 0.25) is 0 Å². The first-order valence-electron chi connectivity index (χ1n) is 7.37. The molecule has 1 N–H and O–H groups in total. The average molecular weight is 304 g/mol. The Morgan fingerprint density at radius 1 is 1.05 bits per heavy atom. The number of aliphatic carboxylic acids is 1. The van der Waals surface area contributed by atoms with E-state index >= 15 is 0 Å². The lowest BCUT2D eigenvalue weighted by Gasteiger charge is -2.42. The van der Waals surface area contributed by atoms with Crippen molar-refractivity contribution in [2.75, 3.05) is 13.1 Å². The van der Waals surface area contributed by atoms with Crippen LogP contribution in [0.4, 0.5) is 0 Å². The molecule has 0 amide bonds. The largest absolute Gasteiger partial charge is 0.480 e. The molecule has 2 rings (SSSR count). The zero-order valence-corrected chi connectivity index (χ0v) is 13.0. The Kier molecular flexibility index (Phi) is 4.71. The number of rotatable bonds is 3. The van der Waals surface area contributed by atoms with E-state index in [9.17, 15) is 18.3 Å². The molecule has 2 saturated heterocycles. The fraction of sp³-hybridized carbons (Fsp3) is 0.923. The van der Waals surface area contributed by atoms with Crippen molar-refractivity contribution in [1.82, 2.24) is 8.61 Å². The highest BCUT2D eigenvalue weighted by molar-refractivity contribution is 7.86. The molecule has 116 valence electrons. The van der Waals surface area contributed by atoms with E-state index < -0.39 is 22.2 Å². The number of carboxylic acid groups (broad SMARTS) is 1. The summed E-state index contributed by atoms with van der Waals surface area (Å²) in [6, 6.07) is -0.969. The summed E-state index contributed by atoms with van der Waals surface area (Å²) in [6.07, 6.45) is 3.79.